The lowest BCUT2D eigenvalue weighted by Gasteiger charge is -2.37. The molecular formula is C27H31F2NO3S. The van der Waals surface area contributed by atoms with Crippen molar-refractivity contribution in [2.45, 2.75) is 76.1 Å². The summed E-state index contributed by atoms with van der Waals surface area (Å²) < 4.78 is 58.4. The van der Waals surface area contributed by atoms with Crippen molar-refractivity contribution in [2.75, 3.05) is 0 Å². The van der Waals surface area contributed by atoms with Gasteiger partial charge in [-0.1, -0.05) is 42.8 Å². The van der Waals surface area contributed by atoms with Crippen LogP contribution >= 0.6 is 0 Å². The molecule has 1 saturated heterocycles. The van der Waals surface area contributed by atoms with Crippen molar-refractivity contribution >= 4 is 15.8 Å². The smallest absolute Gasteiger partial charge is 0.221 e. The van der Waals surface area contributed by atoms with Crippen LogP contribution in [0.2, 0.25) is 0 Å². The van der Waals surface area contributed by atoms with Gasteiger partial charge in [0.2, 0.25) is 10.0 Å². The van der Waals surface area contributed by atoms with Crippen molar-refractivity contribution in [1.82, 2.24) is 4.31 Å². The first-order valence-electron chi connectivity index (χ1n) is 11.9. The predicted molar refractivity (Wildman–Crippen MR) is 129 cm³/mol. The van der Waals surface area contributed by atoms with Gasteiger partial charge in [0.05, 0.1) is 0 Å². The molecule has 4 rings (SSSR count). The van der Waals surface area contributed by atoms with Crippen molar-refractivity contribution in [3.8, 4) is 0 Å². The molecule has 34 heavy (non-hydrogen) atoms. The number of allylic oxidation sites excluding steroid dienone is 2. The molecule has 1 fully saturated rings. The van der Waals surface area contributed by atoms with Crippen LogP contribution in [0.15, 0.2) is 54.1 Å². The standard InChI is InChI=1S/C27H31F2NO3S/c1-18(13-20-7-6-10-23(31)14-20)24-16-25(28)22(15-26(24)29)17-30-19(2)11-12-27(34(30,32)33)21-8-4-3-5-9-21/h3-5,8-9,14-16,18-19,27H,6-7,10-13,17H2,1-2H3/t18-,19+,27-/m1/s1. The molecule has 4 nitrogen and oxygen atoms in total. The summed E-state index contributed by atoms with van der Waals surface area (Å²) in [7, 11) is -3.74. The number of hydrogen-bond acceptors (Lipinski definition) is 3. The third-order valence-electron chi connectivity index (χ3n) is 7.07. The Labute approximate surface area is 200 Å². The van der Waals surface area contributed by atoms with Gasteiger partial charge in [-0.3, -0.25) is 4.79 Å². The third kappa shape index (κ3) is 5.15. The molecule has 0 unspecified atom stereocenters. The molecule has 182 valence electrons. The van der Waals surface area contributed by atoms with Crippen LogP contribution in [0, 0.1) is 11.6 Å². The van der Waals surface area contributed by atoms with Crippen LogP contribution < -0.4 is 0 Å². The summed E-state index contributed by atoms with van der Waals surface area (Å²) in [6.45, 7) is 3.42. The minimum atomic E-state index is -3.74. The maximum absolute atomic E-state index is 15.1. The third-order valence-corrected chi connectivity index (χ3v) is 9.44. The molecule has 0 bridgehead atoms. The van der Waals surface area contributed by atoms with E-state index in [1.54, 1.807) is 30.3 Å². The average molecular weight is 488 g/mol. The van der Waals surface area contributed by atoms with Crippen molar-refractivity contribution < 1.29 is 22.0 Å². The molecule has 3 atom stereocenters. The molecule has 1 aliphatic heterocycles. The van der Waals surface area contributed by atoms with Crippen molar-refractivity contribution in [3.63, 3.8) is 0 Å². The van der Waals surface area contributed by atoms with Crippen LogP contribution in [-0.4, -0.2) is 24.5 Å². The molecule has 0 N–H and O–H groups in total. The van der Waals surface area contributed by atoms with E-state index in [1.165, 1.54) is 10.4 Å². The minimum absolute atomic E-state index is 0.0321. The fourth-order valence-electron chi connectivity index (χ4n) is 5.15. The second-order valence-corrected chi connectivity index (χ2v) is 11.7. The maximum atomic E-state index is 15.1. The molecule has 2 aromatic carbocycles. The first kappa shape index (κ1) is 24.7. The van der Waals surface area contributed by atoms with Gasteiger partial charge in [-0.15, -0.1) is 0 Å². The van der Waals surface area contributed by atoms with Crippen molar-refractivity contribution in [2.24, 2.45) is 0 Å². The lowest BCUT2D eigenvalue weighted by Crippen LogP contribution is -2.44. The summed E-state index contributed by atoms with van der Waals surface area (Å²) in [6, 6.07) is 11.1. The van der Waals surface area contributed by atoms with E-state index in [0.717, 1.165) is 24.5 Å². The van der Waals surface area contributed by atoms with Gasteiger partial charge >= 0.3 is 0 Å². The molecule has 0 radical (unpaired) electrons. The zero-order valence-electron chi connectivity index (χ0n) is 19.6. The lowest BCUT2D eigenvalue weighted by atomic mass is 9.87. The predicted octanol–water partition coefficient (Wildman–Crippen LogP) is 6.19. The second-order valence-electron chi connectivity index (χ2n) is 9.61. The van der Waals surface area contributed by atoms with Gasteiger partial charge in [-0.2, -0.15) is 4.31 Å². The molecule has 0 amide bonds. The summed E-state index contributed by atoms with van der Waals surface area (Å²) in [4.78, 5) is 11.7. The fourth-order valence-corrected chi connectivity index (χ4v) is 7.34. The van der Waals surface area contributed by atoms with E-state index in [9.17, 15) is 13.2 Å². The summed E-state index contributed by atoms with van der Waals surface area (Å²) in [5.41, 5.74) is 1.96. The highest BCUT2D eigenvalue weighted by molar-refractivity contribution is 7.89. The number of sulfonamides is 1. The first-order chi connectivity index (χ1) is 16.2. The Kier molecular flexibility index (Phi) is 7.33. The molecule has 0 spiro atoms. The van der Waals surface area contributed by atoms with Crippen LogP contribution in [0.3, 0.4) is 0 Å². The van der Waals surface area contributed by atoms with Gasteiger partial charge in [0.1, 0.15) is 16.9 Å². The van der Waals surface area contributed by atoms with E-state index in [4.69, 9.17) is 0 Å². The van der Waals surface area contributed by atoms with Crippen LogP contribution in [0.1, 0.15) is 80.2 Å². The van der Waals surface area contributed by atoms with E-state index in [1.807, 2.05) is 19.9 Å². The van der Waals surface area contributed by atoms with Gasteiger partial charge in [-0.25, -0.2) is 17.2 Å². The quantitative estimate of drug-likeness (QED) is 0.488. The number of carbonyl (C=O) groups excluding carboxylic acids is 1. The zero-order chi connectivity index (χ0) is 24.5. The number of halogens is 2. The van der Waals surface area contributed by atoms with E-state index in [2.05, 4.69) is 0 Å². The minimum Gasteiger partial charge on any atom is -0.295 e. The molecule has 7 heteroatoms. The Balaban J connectivity index is 1.56. The Morgan fingerprint density at radius 2 is 1.79 bits per heavy atom. The van der Waals surface area contributed by atoms with E-state index in [0.29, 0.717) is 31.2 Å². The molecule has 2 aromatic rings. The summed E-state index contributed by atoms with van der Waals surface area (Å²) >= 11 is 0. The van der Waals surface area contributed by atoms with Crippen molar-refractivity contribution in [1.29, 1.82) is 0 Å². The summed E-state index contributed by atoms with van der Waals surface area (Å²) in [6.07, 6.45) is 5.40. The molecule has 0 saturated carbocycles. The van der Waals surface area contributed by atoms with Crippen LogP contribution in [-0.2, 0) is 21.4 Å². The Hall–Kier alpha value is -2.38. The first-order valence-corrected chi connectivity index (χ1v) is 13.4. The van der Waals surface area contributed by atoms with Gasteiger partial charge in [0.25, 0.3) is 0 Å². The summed E-state index contributed by atoms with van der Waals surface area (Å²) in [5, 5.41) is -0.691. The van der Waals surface area contributed by atoms with E-state index < -0.39 is 26.9 Å². The molecule has 2 aliphatic rings. The topological polar surface area (TPSA) is 54.5 Å². The van der Waals surface area contributed by atoms with E-state index in [-0.39, 0.29) is 35.4 Å². The largest absolute Gasteiger partial charge is 0.295 e. The summed E-state index contributed by atoms with van der Waals surface area (Å²) in [5.74, 6) is -1.36. The zero-order valence-corrected chi connectivity index (χ0v) is 20.5. The molecule has 1 aliphatic carbocycles. The Morgan fingerprint density at radius 3 is 2.50 bits per heavy atom. The van der Waals surface area contributed by atoms with Gasteiger partial charge in [0.15, 0.2) is 5.78 Å². The highest BCUT2D eigenvalue weighted by Crippen LogP contribution is 2.39. The SMILES string of the molecule is C[C@H](CC1=CC(=O)CCC1)c1cc(F)c(CN2[C@@H](C)CC[C@H](c3ccccc3)S2(=O)=O)cc1F. The van der Waals surface area contributed by atoms with Crippen LogP contribution in [0.25, 0.3) is 0 Å². The number of nitrogens with zero attached hydrogens (tertiary/aromatic N) is 1. The average Bonchev–Trinajstić information content (AvgIpc) is 2.79. The highest BCUT2D eigenvalue weighted by Gasteiger charge is 2.40. The van der Waals surface area contributed by atoms with Crippen LogP contribution in [0.4, 0.5) is 8.78 Å². The monoisotopic (exact) mass is 487 g/mol. The van der Waals surface area contributed by atoms with Gasteiger partial charge in [-0.05, 0) is 74.3 Å². The highest BCUT2D eigenvalue weighted by atomic mass is 32.2. The Morgan fingerprint density at radius 1 is 1.06 bits per heavy atom. The van der Waals surface area contributed by atoms with Gasteiger partial charge in [0, 0.05) is 24.6 Å². The molecule has 1 heterocycles. The maximum Gasteiger partial charge on any atom is 0.221 e. The van der Waals surface area contributed by atoms with Crippen molar-refractivity contribution in [3.05, 3.63) is 82.4 Å². The second kappa shape index (κ2) is 10.1. The number of carbonyl (C=O) groups is 1. The fraction of sp³-hybridized carbons (Fsp3) is 0.444. The Bertz CT molecular complexity index is 1190. The number of rotatable bonds is 6. The number of benzene rings is 2. The normalized spacial score (nSPS) is 24.0. The number of hydrogen-bond donors (Lipinski definition) is 0. The molecule has 0 aromatic heterocycles. The van der Waals surface area contributed by atoms with Gasteiger partial charge < -0.3 is 0 Å². The van der Waals surface area contributed by atoms with Crippen LogP contribution in [0.5, 0.6) is 0 Å². The van der Waals surface area contributed by atoms with E-state index >= 15 is 8.78 Å². The lowest BCUT2D eigenvalue weighted by molar-refractivity contribution is -0.115. The molecular weight excluding hydrogens is 456 g/mol. The number of ketones is 1.